The minimum Gasteiger partial charge on any atom is -0.497 e. The summed E-state index contributed by atoms with van der Waals surface area (Å²) in [6.45, 7) is 1.73. The molecule has 0 aliphatic rings. The smallest absolute Gasteiger partial charge is 0.342 e. The third-order valence-corrected chi connectivity index (χ3v) is 4.06. The number of benzene rings is 2. The van der Waals surface area contributed by atoms with Crippen molar-refractivity contribution in [1.29, 1.82) is 0 Å². The Morgan fingerprint density at radius 1 is 1.12 bits per heavy atom. The quantitative estimate of drug-likeness (QED) is 0.750. The van der Waals surface area contributed by atoms with Crippen molar-refractivity contribution in [3.05, 3.63) is 58.6 Å². The lowest BCUT2D eigenvalue weighted by atomic mass is 10.2. The van der Waals surface area contributed by atoms with Crippen LogP contribution < -0.4 is 14.8 Å². The number of rotatable bonds is 7. The van der Waals surface area contributed by atoms with Gasteiger partial charge in [0.25, 0.3) is 5.91 Å². The fraction of sp³-hybridized carbons (Fsp3) is 0.263. The summed E-state index contributed by atoms with van der Waals surface area (Å²) in [6.07, 6.45) is -0.985. The summed E-state index contributed by atoms with van der Waals surface area (Å²) in [6, 6.07) is 11.9. The minimum atomic E-state index is -0.985. The van der Waals surface area contributed by atoms with Gasteiger partial charge in [0.1, 0.15) is 17.1 Å². The Kier molecular flexibility index (Phi) is 6.86. The van der Waals surface area contributed by atoms with Crippen LogP contribution >= 0.6 is 11.6 Å². The molecule has 138 valence electrons. The highest BCUT2D eigenvalue weighted by atomic mass is 35.5. The number of ether oxygens (including phenoxy) is 3. The van der Waals surface area contributed by atoms with Gasteiger partial charge in [-0.2, -0.15) is 0 Å². The van der Waals surface area contributed by atoms with Gasteiger partial charge in [0.2, 0.25) is 0 Å². The van der Waals surface area contributed by atoms with Gasteiger partial charge in [-0.1, -0.05) is 29.8 Å². The zero-order chi connectivity index (χ0) is 19.1. The Bertz CT molecular complexity index is 793. The first kappa shape index (κ1) is 19.6. The van der Waals surface area contributed by atoms with E-state index in [0.29, 0.717) is 16.5 Å². The molecule has 1 N–H and O–H groups in total. The number of amides is 1. The Morgan fingerprint density at radius 3 is 2.50 bits per heavy atom. The van der Waals surface area contributed by atoms with Gasteiger partial charge in [-0.3, -0.25) is 4.79 Å². The Labute approximate surface area is 157 Å². The van der Waals surface area contributed by atoms with Gasteiger partial charge >= 0.3 is 5.97 Å². The van der Waals surface area contributed by atoms with Crippen LogP contribution in [0.25, 0.3) is 0 Å². The highest BCUT2D eigenvalue weighted by molar-refractivity contribution is 6.31. The van der Waals surface area contributed by atoms with Crippen molar-refractivity contribution in [2.75, 3.05) is 14.2 Å². The standard InChI is InChI=1S/C19H20ClNO5/c1-12(18(22)21-11-13-6-4-5-7-16(13)20)26-19(23)15-10-14(24-2)8-9-17(15)25-3/h4-10,12H,11H2,1-3H3,(H,21,22). The van der Waals surface area contributed by atoms with Crippen LogP contribution in [0.3, 0.4) is 0 Å². The van der Waals surface area contributed by atoms with Crippen LogP contribution in [-0.4, -0.2) is 32.2 Å². The van der Waals surface area contributed by atoms with E-state index in [1.807, 2.05) is 6.07 Å². The predicted octanol–water partition coefficient (Wildman–Crippen LogP) is 3.22. The van der Waals surface area contributed by atoms with Gasteiger partial charge in [0, 0.05) is 11.6 Å². The van der Waals surface area contributed by atoms with E-state index in [1.54, 1.807) is 30.3 Å². The number of carbonyl (C=O) groups excluding carboxylic acids is 2. The van der Waals surface area contributed by atoms with Gasteiger partial charge in [0.15, 0.2) is 6.10 Å². The summed E-state index contributed by atoms with van der Waals surface area (Å²) in [5, 5.41) is 3.25. The van der Waals surface area contributed by atoms with E-state index in [9.17, 15) is 9.59 Å². The summed E-state index contributed by atoms with van der Waals surface area (Å²) in [5.74, 6) is -0.297. The molecule has 0 heterocycles. The molecule has 7 heteroatoms. The lowest BCUT2D eigenvalue weighted by Gasteiger charge is -2.15. The molecule has 26 heavy (non-hydrogen) atoms. The SMILES string of the molecule is COc1ccc(OC)c(C(=O)OC(C)C(=O)NCc2ccccc2Cl)c1. The molecular weight excluding hydrogens is 358 g/mol. The van der Waals surface area contributed by atoms with Crippen molar-refractivity contribution in [3.8, 4) is 11.5 Å². The molecule has 0 bridgehead atoms. The van der Waals surface area contributed by atoms with Crippen LogP contribution in [0, 0.1) is 0 Å². The number of esters is 1. The first-order valence-corrected chi connectivity index (χ1v) is 8.28. The molecule has 0 spiro atoms. The lowest BCUT2D eigenvalue weighted by Crippen LogP contribution is -2.35. The van der Waals surface area contributed by atoms with Gasteiger partial charge in [-0.05, 0) is 36.8 Å². The molecule has 2 aromatic carbocycles. The summed E-state index contributed by atoms with van der Waals surface area (Å²) >= 11 is 6.05. The summed E-state index contributed by atoms with van der Waals surface area (Å²) in [5.41, 5.74) is 0.952. The second-order valence-electron chi connectivity index (χ2n) is 5.42. The van der Waals surface area contributed by atoms with Crippen molar-refractivity contribution in [3.63, 3.8) is 0 Å². The van der Waals surface area contributed by atoms with Crippen LogP contribution in [-0.2, 0) is 16.1 Å². The van der Waals surface area contributed by atoms with Crippen molar-refractivity contribution >= 4 is 23.5 Å². The molecular formula is C19H20ClNO5. The van der Waals surface area contributed by atoms with E-state index in [1.165, 1.54) is 27.2 Å². The predicted molar refractivity (Wildman–Crippen MR) is 97.7 cm³/mol. The summed E-state index contributed by atoms with van der Waals surface area (Å²) in [4.78, 5) is 24.6. The van der Waals surface area contributed by atoms with E-state index in [-0.39, 0.29) is 12.1 Å². The second kappa shape index (κ2) is 9.10. The maximum absolute atomic E-state index is 12.4. The molecule has 0 fully saturated rings. The molecule has 1 atom stereocenters. The monoisotopic (exact) mass is 377 g/mol. The third-order valence-electron chi connectivity index (χ3n) is 3.69. The fourth-order valence-electron chi connectivity index (χ4n) is 2.22. The number of hydrogen-bond donors (Lipinski definition) is 1. The molecule has 0 aromatic heterocycles. The van der Waals surface area contributed by atoms with Crippen LogP contribution in [0.2, 0.25) is 5.02 Å². The van der Waals surface area contributed by atoms with E-state index in [4.69, 9.17) is 25.8 Å². The van der Waals surface area contributed by atoms with Crippen molar-refractivity contribution in [1.82, 2.24) is 5.32 Å². The van der Waals surface area contributed by atoms with E-state index in [2.05, 4.69) is 5.32 Å². The number of nitrogens with one attached hydrogen (secondary N) is 1. The maximum Gasteiger partial charge on any atom is 0.342 e. The third kappa shape index (κ3) is 4.89. The highest BCUT2D eigenvalue weighted by Gasteiger charge is 2.22. The molecule has 0 saturated heterocycles. The zero-order valence-corrected chi connectivity index (χ0v) is 15.5. The van der Waals surface area contributed by atoms with Gasteiger partial charge in [0.05, 0.1) is 14.2 Å². The Balaban J connectivity index is 2.00. The first-order valence-electron chi connectivity index (χ1n) is 7.90. The molecule has 0 aliphatic carbocycles. The van der Waals surface area contributed by atoms with Crippen LogP contribution in [0.1, 0.15) is 22.8 Å². The van der Waals surface area contributed by atoms with Crippen molar-refractivity contribution < 1.29 is 23.8 Å². The fourth-order valence-corrected chi connectivity index (χ4v) is 2.42. The number of carbonyl (C=O) groups is 2. The van der Waals surface area contributed by atoms with Crippen molar-refractivity contribution in [2.45, 2.75) is 19.6 Å². The van der Waals surface area contributed by atoms with Gasteiger partial charge in [-0.15, -0.1) is 0 Å². The second-order valence-corrected chi connectivity index (χ2v) is 5.83. The van der Waals surface area contributed by atoms with Crippen LogP contribution in [0.4, 0.5) is 0 Å². The minimum absolute atomic E-state index is 0.178. The molecule has 0 radical (unpaired) electrons. The van der Waals surface area contributed by atoms with E-state index in [0.717, 1.165) is 5.56 Å². The summed E-state index contributed by atoms with van der Waals surface area (Å²) in [7, 11) is 2.93. The molecule has 6 nitrogen and oxygen atoms in total. The Morgan fingerprint density at radius 2 is 1.85 bits per heavy atom. The Hall–Kier alpha value is -2.73. The molecule has 2 aromatic rings. The van der Waals surface area contributed by atoms with Gasteiger partial charge in [-0.25, -0.2) is 4.79 Å². The molecule has 2 rings (SSSR count). The number of methoxy groups -OCH3 is 2. The average Bonchev–Trinajstić information content (AvgIpc) is 2.66. The molecule has 0 saturated carbocycles. The largest absolute Gasteiger partial charge is 0.497 e. The molecule has 1 unspecified atom stereocenters. The topological polar surface area (TPSA) is 73.9 Å². The van der Waals surface area contributed by atoms with Crippen LogP contribution in [0.15, 0.2) is 42.5 Å². The normalized spacial score (nSPS) is 11.4. The lowest BCUT2D eigenvalue weighted by molar-refractivity contribution is -0.129. The number of halogens is 1. The molecule has 1 amide bonds. The van der Waals surface area contributed by atoms with Crippen LogP contribution in [0.5, 0.6) is 11.5 Å². The van der Waals surface area contributed by atoms with Crippen molar-refractivity contribution in [2.24, 2.45) is 0 Å². The highest BCUT2D eigenvalue weighted by Crippen LogP contribution is 2.25. The van der Waals surface area contributed by atoms with E-state index >= 15 is 0 Å². The first-order chi connectivity index (χ1) is 12.5. The van der Waals surface area contributed by atoms with Gasteiger partial charge < -0.3 is 19.5 Å². The van der Waals surface area contributed by atoms with E-state index < -0.39 is 18.0 Å². The zero-order valence-electron chi connectivity index (χ0n) is 14.7. The molecule has 0 aliphatic heterocycles. The average molecular weight is 378 g/mol. The number of hydrogen-bond acceptors (Lipinski definition) is 5. The maximum atomic E-state index is 12.4. The summed E-state index contributed by atoms with van der Waals surface area (Å²) < 4.78 is 15.5.